The molecule has 0 aliphatic heterocycles. The number of aromatic nitrogens is 2. The monoisotopic (exact) mass is 438 g/mol. The first kappa shape index (κ1) is 21.8. The lowest BCUT2D eigenvalue weighted by Gasteiger charge is -2.33. The van der Waals surface area contributed by atoms with E-state index >= 15 is 0 Å². The van der Waals surface area contributed by atoms with Crippen molar-refractivity contribution in [1.29, 1.82) is 0 Å². The molecule has 5 nitrogen and oxygen atoms in total. The average Bonchev–Trinajstić information content (AvgIpc) is 3.13. The molecule has 2 atom stereocenters. The van der Waals surface area contributed by atoms with Gasteiger partial charge in [0.2, 0.25) is 0 Å². The smallest absolute Gasteiger partial charge is 0.329 e. The van der Waals surface area contributed by atoms with Gasteiger partial charge in [-0.3, -0.25) is 9.36 Å². The van der Waals surface area contributed by atoms with Crippen LogP contribution in [0.15, 0.2) is 41.5 Å². The van der Waals surface area contributed by atoms with Gasteiger partial charge in [-0.2, -0.15) is 0 Å². The van der Waals surface area contributed by atoms with Crippen LogP contribution in [0.2, 0.25) is 0 Å². The van der Waals surface area contributed by atoms with Crippen molar-refractivity contribution < 1.29 is 9.53 Å². The van der Waals surface area contributed by atoms with Gasteiger partial charge < -0.3 is 4.74 Å². The number of carbonyl (C=O) groups is 1. The van der Waals surface area contributed by atoms with E-state index in [1.54, 1.807) is 11.3 Å². The summed E-state index contributed by atoms with van der Waals surface area (Å²) in [6.07, 6.45) is 4.96. The molecule has 31 heavy (non-hydrogen) atoms. The standard InChI is InChI=1S/C25H30N2O3S/c1-5-19(24(29)30-14-16-9-7-6-8-10-16)27-15-26-22-21(23(27)28)18-12-11-17(25(2,3)4)13-20(18)31-22/h6-10,15,17,19H,5,11-14H2,1-4H3. The average molecular weight is 439 g/mol. The second-order valence-corrected chi connectivity index (χ2v) is 10.5. The van der Waals surface area contributed by atoms with Gasteiger partial charge in [0.05, 0.1) is 11.7 Å². The molecule has 0 amide bonds. The predicted molar refractivity (Wildman–Crippen MR) is 124 cm³/mol. The summed E-state index contributed by atoms with van der Waals surface area (Å²) >= 11 is 1.64. The second kappa shape index (κ2) is 8.58. The van der Waals surface area contributed by atoms with Gasteiger partial charge in [-0.25, -0.2) is 9.78 Å². The van der Waals surface area contributed by atoms with Gasteiger partial charge in [-0.15, -0.1) is 11.3 Å². The zero-order valence-electron chi connectivity index (χ0n) is 18.7. The Morgan fingerprint density at radius 2 is 2.03 bits per heavy atom. The highest BCUT2D eigenvalue weighted by atomic mass is 32.1. The van der Waals surface area contributed by atoms with E-state index in [1.807, 2.05) is 37.3 Å². The van der Waals surface area contributed by atoms with Crippen LogP contribution in [0.3, 0.4) is 0 Å². The fraction of sp³-hybridized carbons (Fsp3) is 0.480. The first-order valence-corrected chi connectivity index (χ1v) is 11.8. The van der Waals surface area contributed by atoms with Crippen molar-refractivity contribution >= 4 is 27.5 Å². The highest BCUT2D eigenvalue weighted by Gasteiger charge is 2.32. The number of nitrogens with zero attached hydrogens (tertiary/aromatic N) is 2. The lowest BCUT2D eigenvalue weighted by Crippen LogP contribution is -2.31. The van der Waals surface area contributed by atoms with Crippen molar-refractivity contribution in [1.82, 2.24) is 9.55 Å². The van der Waals surface area contributed by atoms with Crippen molar-refractivity contribution in [2.75, 3.05) is 0 Å². The Bertz CT molecular complexity index is 1140. The van der Waals surface area contributed by atoms with Crippen molar-refractivity contribution in [2.45, 2.75) is 66.0 Å². The summed E-state index contributed by atoms with van der Waals surface area (Å²) in [5.41, 5.74) is 2.18. The van der Waals surface area contributed by atoms with Crippen LogP contribution in [-0.4, -0.2) is 15.5 Å². The van der Waals surface area contributed by atoms with E-state index in [0.29, 0.717) is 17.7 Å². The first-order valence-electron chi connectivity index (χ1n) is 11.0. The normalized spacial score (nSPS) is 17.4. The first-order chi connectivity index (χ1) is 14.8. The molecule has 2 aromatic heterocycles. The molecule has 0 fully saturated rings. The Hall–Kier alpha value is -2.47. The second-order valence-electron chi connectivity index (χ2n) is 9.46. The van der Waals surface area contributed by atoms with E-state index in [2.05, 4.69) is 25.8 Å². The summed E-state index contributed by atoms with van der Waals surface area (Å²) in [6.45, 7) is 8.95. The van der Waals surface area contributed by atoms with Crippen LogP contribution in [0.25, 0.3) is 10.2 Å². The van der Waals surface area contributed by atoms with Gasteiger partial charge >= 0.3 is 5.97 Å². The third-order valence-electron chi connectivity index (χ3n) is 6.44. The molecule has 3 aromatic rings. The molecule has 0 radical (unpaired) electrons. The molecule has 0 saturated heterocycles. The molecule has 0 spiro atoms. The summed E-state index contributed by atoms with van der Waals surface area (Å²) in [6, 6.07) is 8.90. The van der Waals surface area contributed by atoms with Gasteiger partial charge in [-0.05, 0) is 48.1 Å². The van der Waals surface area contributed by atoms with Gasteiger partial charge in [0.25, 0.3) is 5.56 Å². The molecular formula is C25H30N2O3S. The van der Waals surface area contributed by atoms with Gasteiger partial charge in [0, 0.05) is 4.88 Å². The Kier molecular flexibility index (Phi) is 6.02. The molecule has 1 aromatic carbocycles. The highest BCUT2D eigenvalue weighted by Crippen LogP contribution is 2.42. The minimum absolute atomic E-state index is 0.125. The number of hydrogen-bond donors (Lipinski definition) is 0. The maximum Gasteiger partial charge on any atom is 0.329 e. The number of aryl methyl sites for hydroxylation is 1. The number of hydrogen-bond acceptors (Lipinski definition) is 5. The SMILES string of the molecule is CCC(C(=O)OCc1ccccc1)n1cnc2sc3c(c2c1=O)CCC(C(C)(C)C)C3. The number of benzene rings is 1. The summed E-state index contributed by atoms with van der Waals surface area (Å²) < 4.78 is 7.00. The maximum absolute atomic E-state index is 13.4. The fourth-order valence-electron chi connectivity index (χ4n) is 4.44. The van der Waals surface area contributed by atoms with Crippen LogP contribution in [-0.2, 0) is 29.0 Å². The fourth-order valence-corrected chi connectivity index (χ4v) is 5.70. The molecule has 0 saturated carbocycles. The predicted octanol–water partition coefficient (Wildman–Crippen LogP) is 5.30. The molecule has 1 aliphatic carbocycles. The van der Waals surface area contributed by atoms with E-state index in [0.717, 1.165) is 35.2 Å². The van der Waals surface area contributed by atoms with Gasteiger partial charge in [0.15, 0.2) is 0 Å². The summed E-state index contributed by atoms with van der Waals surface area (Å²) in [5, 5.41) is 0.698. The lowest BCUT2D eigenvalue weighted by molar-refractivity contribution is -0.149. The maximum atomic E-state index is 13.4. The third kappa shape index (κ3) is 4.31. The van der Waals surface area contributed by atoms with Crippen molar-refractivity contribution in [3.8, 4) is 0 Å². The number of thiophene rings is 1. The number of fused-ring (bicyclic) bond motifs is 3. The van der Waals surface area contributed by atoms with Crippen LogP contribution in [0, 0.1) is 11.3 Å². The zero-order valence-corrected chi connectivity index (χ0v) is 19.5. The highest BCUT2D eigenvalue weighted by molar-refractivity contribution is 7.18. The molecule has 4 rings (SSSR count). The molecular weight excluding hydrogens is 408 g/mol. The molecule has 2 heterocycles. The Labute approximate surface area is 187 Å². The van der Waals surface area contributed by atoms with Gasteiger partial charge in [-0.1, -0.05) is 58.0 Å². The number of rotatable bonds is 5. The third-order valence-corrected chi connectivity index (χ3v) is 7.60. The Morgan fingerprint density at radius 1 is 1.29 bits per heavy atom. The number of esters is 1. The summed E-state index contributed by atoms with van der Waals surface area (Å²) in [7, 11) is 0. The van der Waals surface area contributed by atoms with E-state index in [-0.39, 0.29) is 17.6 Å². The zero-order chi connectivity index (χ0) is 22.2. The summed E-state index contributed by atoms with van der Waals surface area (Å²) in [4.78, 5) is 32.9. The Morgan fingerprint density at radius 3 is 2.71 bits per heavy atom. The van der Waals surface area contributed by atoms with Crippen molar-refractivity contribution in [3.63, 3.8) is 0 Å². The number of carbonyl (C=O) groups excluding carboxylic acids is 1. The van der Waals surface area contributed by atoms with Crippen LogP contribution >= 0.6 is 11.3 Å². The topological polar surface area (TPSA) is 61.2 Å². The quantitative estimate of drug-likeness (QED) is 0.507. The Balaban J connectivity index is 1.62. The molecule has 6 heteroatoms. The van der Waals surface area contributed by atoms with Crippen LogP contribution in [0.5, 0.6) is 0 Å². The minimum Gasteiger partial charge on any atom is -0.459 e. The minimum atomic E-state index is -0.672. The molecule has 1 aliphatic rings. The number of ether oxygens (including phenoxy) is 1. The van der Waals surface area contributed by atoms with Gasteiger partial charge in [0.1, 0.15) is 17.5 Å². The van der Waals surface area contributed by atoms with Crippen LogP contribution in [0.4, 0.5) is 0 Å². The van der Waals surface area contributed by atoms with Crippen molar-refractivity contribution in [3.05, 3.63) is 63.0 Å². The lowest BCUT2D eigenvalue weighted by atomic mass is 9.72. The summed E-state index contributed by atoms with van der Waals surface area (Å²) in [5.74, 6) is 0.207. The molecule has 164 valence electrons. The van der Waals surface area contributed by atoms with E-state index < -0.39 is 12.0 Å². The largest absolute Gasteiger partial charge is 0.459 e. The van der Waals surface area contributed by atoms with E-state index in [4.69, 9.17) is 4.74 Å². The molecule has 0 N–H and O–H groups in total. The molecule has 2 unspecified atom stereocenters. The van der Waals surface area contributed by atoms with E-state index in [9.17, 15) is 9.59 Å². The van der Waals surface area contributed by atoms with Crippen LogP contribution in [0.1, 0.15) is 62.6 Å². The van der Waals surface area contributed by atoms with E-state index in [1.165, 1.54) is 15.8 Å². The van der Waals surface area contributed by atoms with Crippen molar-refractivity contribution in [2.24, 2.45) is 11.3 Å². The van der Waals surface area contributed by atoms with Crippen LogP contribution < -0.4 is 5.56 Å². The molecule has 0 bridgehead atoms.